The van der Waals surface area contributed by atoms with Gasteiger partial charge in [-0.15, -0.1) is 0 Å². The van der Waals surface area contributed by atoms with Gasteiger partial charge in [0.1, 0.15) is 0 Å². The minimum Gasteiger partial charge on any atom is -0.370 e. The van der Waals surface area contributed by atoms with Crippen LogP contribution in [0.4, 0.5) is 0 Å². The topological polar surface area (TPSA) is 76.4 Å². The molecule has 5 N–H and O–H groups in total. The van der Waals surface area contributed by atoms with Crippen LogP contribution in [0.2, 0.25) is 0 Å². The summed E-state index contributed by atoms with van der Waals surface area (Å²) >= 11 is 0. The number of nitrogens with two attached hydrogens (primary N) is 2. The van der Waals surface area contributed by atoms with E-state index in [9.17, 15) is 0 Å². The quantitative estimate of drug-likeness (QED) is 0.207. The van der Waals surface area contributed by atoms with Gasteiger partial charge in [-0.2, -0.15) is 0 Å². The van der Waals surface area contributed by atoms with Crippen molar-refractivity contribution in [1.82, 2.24) is 5.32 Å². The van der Waals surface area contributed by atoms with Gasteiger partial charge in [-0.1, -0.05) is 54.6 Å². The van der Waals surface area contributed by atoms with Crippen LogP contribution in [0.15, 0.2) is 59.6 Å². The Morgan fingerprint density at radius 1 is 0.808 bits per heavy atom. The first-order valence-corrected chi connectivity index (χ1v) is 9.15. The number of nitrogens with one attached hydrogen (secondary N) is 1. The Morgan fingerprint density at radius 3 is 2.27 bits per heavy atom. The van der Waals surface area contributed by atoms with Crippen molar-refractivity contribution in [3.63, 3.8) is 0 Å². The van der Waals surface area contributed by atoms with Crippen LogP contribution in [0.1, 0.15) is 18.4 Å². The molecule has 0 atom stereocenters. The van der Waals surface area contributed by atoms with Gasteiger partial charge in [0.05, 0.1) is 0 Å². The number of benzene rings is 4. The lowest BCUT2D eigenvalue weighted by Gasteiger charge is -2.14. The molecule has 0 unspecified atom stereocenters. The molecule has 0 fully saturated rings. The molecule has 0 bridgehead atoms. The zero-order valence-corrected chi connectivity index (χ0v) is 14.8. The summed E-state index contributed by atoms with van der Waals surface area (Å²) in [5, 5.41) is 11.6. The summed E-state index contributed by atoms with van der Waals surface area (Å²) in [6.45, 7) is 2.53. The number of unbranched alkanes of at least 4 members (excludes halogenated alkanes) is 1. The van der Waals surface area contributed by atoms with Crippen molar-refractivity contribution in [2.45, 2.75) is 19.4 Å². The van der Waals surface area contributed by atoms with E-state index in [2.05, 4.69) is 64.9 Å². The molecule has 0 saturated carbocycles. The van der Waals surface area contributed by atoms with Crippen LogP contribution < -0.4 is 16.8 Å². The standard InChI is InChI=1S/C22H24N4/c23-22(24)26-13-2-1-12-25-14-18-9-8-17-7-6-15-4-3-5-16-10-11-19(18)21(17)20(15)16/h3-11,25H,1-2,12-14H2,(H4,23,24,26). The van der Waals surface area contributed by atoms with Crippen LogP contribution in [-0.2, 0) is 6.54 Å². The molecule has 0 amide bonds. The average molecular weight is 344 g/mol. The second-order valence-corrected chi connectivity index (χ2v) is 6.77. The van der Waals surface area contributed by atoms with Gasteiger partial charge in [0.25, 0.3) is 0 Å². The third-order valence-corrected chi connectivity index (χ3v) is 4.99. The Hall–Kier alpha value is -2.85. The van der Waals surface area contributed by atoms with Crippen molar-refractivity contribution in [3.05, 3.63) is 60.2 Å². The summed E-state index contributed by atoms with van der Waals surface area (Å²) < 4.78 is 0. The lowest BCUT2D eigenvalue weighted by Crippen LogP contribution is -2.23. The van der Waals surface area contributed by atoms with Crippen molar-refractivity contribution in [3.8, 4) is 0 Å². The van der Waals surface area contributed by atoms with Crippen LogP contribution in [0.5, 0.6) is 0 Å². The molecular formula is C22H24N4. The summed E-state index contributed by atoms with van der Waals surface area (Å²) in [6.07, 6.45) is 2.05. The Labute approximate surface area is 153 Å². The van der Waals surface area contributed by atoms with E-state index in [0.717, 1.165) is 25.9 Å². The monoisotopic (exact) mass is 344 g/mol. The fourth-order valence-corrected chi connectivity index (χ4v) is 3.74. The smallest absolute Gasteiger partial charge is 0.185 e. The van der Waals surface area contributed by atoms with Crippen molar-refractivity contribution in [2.24, 2.45) is 16.5 Å². The van der Waals surface area contributed by atoms with Crippen LogP contribution in [-0.4, -0.2) is 19.0 Å². The van der Waals surface area contributed by atoms with Gasteiger partial charge in [0.2, 0.25) is 0 Å². The molecular weight excluding hydrogens is 320 g/mol. The summed E-state index contributed by atoms with van der Waals surface area (Å²) in [6, 6.07) is 20.0. The van der Waals surface area contributed by atoms with E-state index in [1.807, 2.05) is 0 Å². The van der Waals surface area contributed by atoms with Crippen molar-refractivity contribution in [1.29, 1.82) is 0 Å². The molecule has 26 heavy (non-hydrogen) atoms. The molecule has 0 aliphatic heterocycles. The molecule has 4 heteroatoms. The van der Waals surface area contributed by atoms with Gasteiger partial charge in [0, 0.05) is 13.1 Å². The molecule has 0 aromatic heterocycles. The van der Waals surface area contributed by atoms with Crippen LogP contribution in [0.25, 0.3) is 32.3 Å². The number of hydrogen-bond donors (Lipinski definition) is 3. The normalized spacial score (nSPS) is 11.5. The molecule has 4 aromatic carbocycles. The Bertz CT molecular complexity index is 1050. The number of hydrogen-bond acceptors (Lipinski definition) is 2. The zero-order chi connectivity index (χ0) is 17.9. The van der Waals surface area contributed by atoms with E-state index in [1.54, 1.807) is 0 Å². The minimum atomic E-state index is 0.173. The maximum atomic E-state index is 5.34. The summed E-state index contributed by atoms with van der Waals surface area (Å²) in [4.78, 5) is 4.01. The predicted molar refractivity (Wildman–Crippen MR) is 112 cm³/mol. The van der Waals surface area contributed by atoms with E-state index in [1.165, 1.54) is 37.9 Å². The van der Waals surface area contributed by atoms with E-state index >= 15 is 0 Å². The van der Waals surface area contributed by atoms with Crippen LogP contribution in [0.3, 0.4) is 0 Å². The van der Waals surface area contributed by atoms with Gasteiger partial charge in [-0.05, 0) is 57.3 Å². The van der Waals surface area contributed by atoms with E-state index in [0.29, 0.717) is 6.54 Å². The average Bonchev–Trinajstić information content (AvgIpc) is 2.66. The third kappa shape index (κ3) is 3.16. The van der Waals surface area contributed by atoms with Crippen LogP contribution >= 0.6 is 0 Å². The lowest BCUT2D eigenvalue weighted by molar-refractivity contribution is 0.629. The lowest BCUT2D eigenvalue weighted by atomic mass is 9.92. The van der Waals surface area contributed by atoms with Gasteiger partial charge in [0.15, 0.2) is 5.96 Å². The van der Waals surface area contributed by atoms with Crippen molar-refractivity contribution >= 4 is 38.3 Å². The first-order valence-electron chi connectivity index (χ1n) is 9.15. The highest BCUT2D eigenvalue weighted by molar-refractivity contribution is 6.23. The molecule has 0 saturated heterocycles. The highest BCUT2D eigenvalue weighted by Gasteiger charge is 2.10. The zero-order valence-electron chi connectivity index (χ0n) is 14.8. The summed E-state index contributed by atoms with van der Waals surface area (Å²) in [7, 11) is 0. The van der Waals surface area contributed by atoms with Crippen molar-refractivity contribution in [2.75, 3.05) is 13.1 Å². The van der Waals surface area contributed by atoms with Gasteiger partial charge in [-0.3, -0.25) is 4.99 Å². The summed E-state index contributed by atoms with van der Waals surface area (Å²) in [5.74, 6) is 0.173. The highest BCUT2D eigenvalue weighted by atomic mass is 15.0. The molecule has 0 heterocycles. The fraction of sp³-hybridized carbons (Fsp3) is 0.227. The van der Waals surface area contributed by atoms with Gasteiger partial charge >= 0.3 is 0 Å². The number of guanidine groups is 1. The molecule has 4 rings (SSSR count). The number of rotatable bonds is 7. The predicted octanol–water partition coefficient (Wildman–Crippen LogP) is 3.73. The fourth-order valence-electron chi connectivity index (χ4n) is 3.74. The van der Waals surface area contributed by atoms with Crippen molar-refractivity contribution < 1.29 is 0 Å². The molecule has 0 spiro atoms. The SMILES string of the molecule is NC(N)=NCCCCNCc1ccc2ccc3cccc4ccc1c2c34. The number of nitrogens with zero attached hydrogens (tertiary/aromatic N) is 1. The molecule has 4 nitrogen and oxygen atoms in total. The first kappa shape index (κ1) is 16.6. The number of aliphatic imine (C=N–C) groups is 1. The molecule has 0 radical (unpaired) electrons. The third-order valence-electron chi connectivity index (χ3n) is 4.99. The van der Waals surface area contributed by atoms with Gasteiger partial charge < -0.3 is 16.8 Å². The van der Waals surface area contributed by atoms with E-state index in [-0.39, 0.29) is 5.96 Å². The summed E-state index contributed by atoms with van der Waals surface area (Å²) in [5.41, 5.74) is 12.0. The molecule has 4 aromatic rings. The highest BCUT2D eigenvalue weighted by Crippen LogP contribution is 2.35. The van der Waals surface area contributed by atoms with E-state index in [4.69, 9.17) is 11.5 Å². The minimum absolute atomic E-state index is 0.173. The Morgan fingerprint density at radius 2 is 1.50 bits per heavy atom. The molecule has 0 aliphatic rings. The molecule has 0 aliphatic carbocycles. The Balaban J connectivity index is 1.54. The maximum Gasteiger partial charge on any atom is 0.185 e. The van der Waals surface area contributed by atoms with E-state index < -0.39 is 0 Å². The first-order chi connectivity index (χ1) is 12.7. The Kier molecular flexibility index (Phi) is 4.59. The molecule has 132 valence electrons. The maximum absolute atomic E-state index is 5.34. The largest absolute Gasteiger partial charge is 0.370 e. The van der Waals surface area contributed by atoms with Gasteiger partial charge in [-0.25, -0.2) is 0 Å². The second-order valence-electron chi connectivity index (χ2n) is 6.77. The second kappa shape index (κ2) is 7.18. The van der Waals surface area contributed by atoms with Crippen LogP contribution in [0, 0.1) is 0 Å².